The van der Waals surface area contributed by atoms with Gasteiger partial charge >= 0.3 is 0 Å². The molecule has 1 fully saturated rings. The Balaban J connectivity index is 1.81. The first-order chi connectivity index (χ1) is 12.2. The number of aromatic nitrogens is 3. The number of aryl methyl sites for hydroxylation is 1. The summed E-state index contributed by atoms with van der Waals surface area (Å²) in [5.74, 6) is 2.17. The van der Waals surface area contributed by atoms with Gasteiger partial charge in [0.2, 0.25) is 5.95 Å². The van der Waals surface area contributed by atoms with Crippen LogP contribution >= 0.6 is 0 Å². The van der Waals surface area contributed by atoms with Crippen LogP contribution in [0, 0.1) is 13.8 Å². The standard InChI is InChI=1S/C19H22N4O2/c1-13-14(2)22-25-18(13)15-12-20-19(23-9-5-3-4-6-10-23)21-17(15)16-8-7-11-24-16/h7-8,11-12H,3-6,9-10H2,1-2H3. The Labute approximate surface area is 146 Å². The Kier molecular flexibility index (Phi) is 4.26. The van der Waals surface area contributed by atoms with E-state index in [1.807, 2.05) is 32.2 Å². The van der Waals surface area contributed by atoms with Crippen molar-refractivity contribution < 1.29 is 8.94 Å². The lowest BCUT2D eigenvalue weighted by Gasteiger charge is -2.20. The van der Waals surface area contributed by atoms with Crippen LogP contribution in [-0.2, 0) is 0 Å². The molecular weight excluding hydrogens is 316 g/mol. The molecule has 25 heavy (non-hydrogen) atoms. The first-order valence-corrected chi connectivity index (χ1v) is 8.83. The molecule has 1 aliphatic heterocycles. The van der Waals surface area contributed by atoms with Gasteiger partial charge in [-0.3, -0.25) is 0 Å². The van der Waals surface area contributed by atoms with E-state index < -0.39 is 0 Å². The smallest absolute Gasteiger partial charge is 0.226 e. The van der Waals surface area contributed by atoms with Gasteiger partial charge in [0.25, 0.3) is 0 Å². The second kappa shape index (κ2) is 6.70. The molecule has 130 valence electrons. The summed E-state index contributed by atoms with van der Waals surface area (Å²) in [6, 6.07) is 3.78. The first kappa shape index (κ1) is 15.9. The number of hydrogen-bond acceptors (Lipinski definition) is 6. The Morgan fingerprint density at radius 1 is 1.08 bits per heavy atom. The largest absolute Gasteiger partial charge is 0.463 e. The fraction of sp³-hybridized carbons (Fsp3) is 0.421. The third-order valence-electron chi connectivity index (χ3n) is 4.82. The molecule has 0 amide bonds. The van der Waals surface area contributed by atoms with Crippen molar-refractivity contribution in [1.82, 2.24) is 15.1 Å². The summed E-state index contributed by atoms with van der Waals surface area (Å²) in [7, 11) is 0. The molecule has 0 N–H and O–H groups in total. The second-order valence-electron chi connectivity index (χ2n) is 6.53. The zero-order valence-corrected chi connectivity index (χ0v) is 14.7. The van der Waals surface area contributed by atoms with Crippen LogP contribution in [0.15, 0.2) is 33.5 Å². The number of furan rings is 1. The van der Waals surface area contributed by atoms with Crippen molar-refractivity contribution in [3.63, 3.8) is 0 Å². The molecule has 1 saturated heterocycles. The average Bonchev–Trinajstić information content (AvgIpc) is 3.18. The Morgan fingerprint density at radius 3 is 2.52 bits per heavy atom. The first-order valence-electron chi connectivity index (χ1n) is 8.83. The van der Waals surface area contributed by atoms with E-state index in [0.29, 0.717) is 11.5 Å². The van der Waals surface area contributed by atoms with E-state index in [2.05, 4.69) is 15.0 Å². The summed E-state index contributed by atoms with van der Waals surface area (Å²) in [6.45, 7) is 5.92. The molecule has 0 unspecified atom stereocenters. The van der Waals surface area contributed by atoms with E-state index in [9.17, 15) is 0 Å². The van der Waals surface area contributed by atoms with Crippen molar-refractivity contribution in [2.45, 2.75) is 39.5 Å². The van der Waals surface area contributed by atoms with Gasteiger partial charge in [-0.15, -0.1) is 0 Å². The van der Waals surface area contributed by atoms with Crippen molar-refractivity contribution in [2.75, 3.05) is 18.0 Å². The van der Waals surface area contributed by atoms with Crippen molar-refractivity contribution in [1.29, 1.82) is 0 Å². The zero-order chi connectivity index (χ0) is 17.2. The van der Waals surface area contributed by atoms with Crippen molar-refractivity contribution in [2.24, 2.45) is 0 Å². The van der Waals surface area contributed by atoms with Crippen LogP contribution in [0.3, 0.4) is 0 Å². The SMILES string of the molecule is Cc1noc(-c2cnc(N3CCCCCC3)nc2-c2ccco2)c1C. The molecular formula is C19H22N4O2. The van der Waals surface area contributed by atoms with E-state index in [1.54, 1.807) is 6.26 Å². The van der Waals surface area contributed by atoms with Gasteiger partial charge in [-0.05, 0) is 38.8 Å². The molecule has 0 bridgehead atoms. The number of anilines is 1. The summed E-state index contributed by atoms with van der Waals surface area (Å²) in [5, 5.41) is 4.07. The minimum atomic E-state index is 0.700. The Hall–Kier alpha value is -2.63. The highest BCUT2D eigenvalue weighted by Gasteiger charge is 2.22. The maximum atomic E-state index is 5.62. The highest BCUT2D eigenvalue weighted by atomic mass is 16.5. The normalized spacial score (nSPS) is 15.4. The molecule has 0 atom stereocenters. The fourth-order valence-corrected chi connectivity index (χ4v) is 3.23. The molecule has 6 heteroatoms. The average molecular weight is 338 g/mol. The summed E-state index contributed by atoms with van der Waals surface area (Å²) >= 11 is 0. The Bertz CT molecular complexity index is 846. The van der Waals surface area contributed by atoms with Crippen molar-refractivity contribution in [3.05, 3.63) is 35.9 Å². The van der Waals surface area contributed by atoms with E-state index in [-0.39, 0.29) is 0 Å². The molecule has 4 rings (SSSR count). The van der Waals surface area contributed by atoms with Crippen molar-refractivity contribution in [3.8, 4) is 22.8 Å². The molecule has 6 nitrogen and oxygen atoms in total. The molecule has 3 aromatic rings. The van der Waals surface area contributed by atoms with Gasteiger partial charge in [-0.2, -0.15) is 0 Å². The second-order valence-corrected chi connectivity index (χ2v) is 6.53. The molecule has 1 aliphatic rings. The minimum Gasteiger partial charge on any atom is -0.463 e. The molecule has 0 aliphatic carbocycles. The van der Waals surface area contributed by atoms with Gasteiger partial charge in [0, 0.05) is 24.8 Å². The van der Waals surface area contributed by atoms with E-state index in [0.717, 1.165) is 41.6 Å². The van der Waals surface area contributed by atoms with Crippen LogP contribution in [-0.4, -0.2) is 28.2 Å². The molecule has 4 heterocycles. The van der Waals surface area contributed by atoms with Crippen LogP contribution in [0.25, 0.3) is 22.8 Å². The third-order valence-corrected chi connectivity index (χ3v) is 4.82. The van der Waals surface area contributed by atoms with Crippen LogP contribution in [0.2, 0.25) is 0 Å². The van der Waals surface area contributed by atoms with Crippen LogP contribution in [0.4, 0.5) is 5.95 Å². The van der Waals surface area contributed by atoms with Gasteiger partial charge in [-0.25, -0.2) is 9.97 Å². The topological polar surface area (TPSA) is 68.2 Å². The Morgan fingerprint density at radius 2 is 1.88 bits per heavy atom. The molecule has 0 radical (unpaired) electrons. The lowest BCUT2D eigenvalue weighted by atomic mass is 10.1. The highest BCUT2D eigenvalue weighted by molar-refractivity contribution is 5.77. The highest BCUT2D eigenvalue weighted by Crippen LogP contribution is 2.34. The summed E-state index contributed by atoms with van der Waals surface area (Å²) in [6.07, 6.45) is 8.40. The molecule has 0 spiro atoms. The number of nitrogens with zero attached hydrogens (tertiary/aromatic N) is 4. The van der Waals surface area contributed by atoms with Gasteiger partial charge < -0.3 is 13.8 Å². The van der Waals surface area contributed by atoms with Crippen LogP contribution < -0.4 is 4.90 Å². The minimum absolute atomic E-state index is 0.700. The zero-order valence-electron chi connectivity index (χ0n) is 14.7. The quantitative estimate of drug-likeness (QED) is 0.705. The summed E-state index contributed by atoms with van der Waals surface area (Å²) < 4.78 is 11.2. The lowest BCUT2D eigenvalue weighted by Crippen LogP contribution is -2.26. The van der Waals surface area contributed by atoms with E-state index >= 15 is 0 Å². The summed E-state index contributed by atoms with van der Waals surface area (Å²) in [4.78, 5) is 11.7. The monoisotopic (exact) mass is 338 g/mol. The van der Waals surface area contributed by atoms with Crippen LogP contribution in [0.5, 0.6) is 0 Å². The predicted molar refractivity (Wildman–Crippen MR) is 95.4 cm³/mol. The maximum absolute atomic E-state index is 5.62. The van der Waals surface area contributed by atoms with Gasteiger partial charge in [0.1, 0.15) is 5.69 Å². The van der Waals surface area contributed by atoms with E-state index in [4.69, 9.17) is 13.9 Å². The van der Waals surface area contributed by atoms with Gasteiger partial charge in [-0.1, -0.05) is 18.0 Å². The molecule has 3 aromatic heterocycles. The van der Waals surface area contributed by atoms with Gasteiger partial charge in [0.05, 0.1) is 17.5 Å². The predicted octanol–water partition coefficient (Wildman–Crippen LogP) is 4.39. The van der Waals surface area contributed by atoms with Crippen molar-refractivity contribution >= 4 is 5.95 Å². The number of rotatable bonds is 3. The fourth-order valence-electron chi connectivity index (χ4n) is 3.23. The van der Waals surface area contributed by atoms with Gasteiger partial charge in [0.15, 0.2) is 11.5 Å². The maximum Gasteiger partial charge on any atom is 0.226 e. The van der Waals surface area contributed by atoms with E-state index in [1.165, 1.54) is 25.7 Å². The summed E-state index contributed by atoms with van der Waals surface area (Å²) in [5.41, 5.74) is 3.43. The lowest BCUT2D eigenvalue weighted by molar-refractivity contribution is 0.426. The van der Waals surface area contributed by atoms with Crippen LogP contribution in [0.1, 0.15) is 36.9 Å². The molecule has 0 saturated carbocycles. The number of hydrogen-bond donors (Lipinski definition) is 0. The molecule has 0 aromatic carbocycles. The third kappa shape index (κ3) is 3.04.